The maximum atomic E-state index is 5.78. The molecule has 0 aliphatic heterocycles. The Morgan fingerprint density at radius 1 is 1.21 bits per heavy atom. The van der Waals surface area contributed by atoms with Crippen LogP contribution in [0.15, 0.2) is 24.3 Å². The lowest BCUT2D eigenvalue weighted by molar-refractivity contribution is -0.0667. The largest absolute Gasteiger partial charge is 0.352 e. The molecule has 0 spiro atoms. The summed E-state index contributed by atoms with van der Waals surface area (Å²) in [7, 11) is 3.23. The highest BCUT2D eigenvalue weighted by Crippen LogP contribution is 2.00. The highest BCUT2D eigenvalue weighted by Gasteiger charge is 1.97. The molecule has 3 nitrogen and oxygen atoms in total. The lowest BCUT2D eigenvalue weighted by atomic mass is 10.1. The average molecular weight is 199 g/mol. The number of allylic oxidation sites excluding steroid dienone is 2. The summed E-state index contributed by atoms with van der Waals surface area (Å²) in [6, 6.07) is 0.146. The molecule has 0 radical (unpaired) electrons. The van der Waals surface area contributed by atoms with Crippen molar-refractivity contribution in [3.63, 3.8) is 0 Å². The molecule has 0 aliphatic carbocycles. The molecular formula is C11H21NO2. The summed E-state index contributed by atoms with van der Waals surface area (Å²) in [4.78, 5) is 0. The number of hydrogen-bond acceptors (Lipinski definition) is 3. The predicted octanol–water partition coefficient (Wildman–Crippen LogP) is 1.85. The summed E-state index contributed by atoms with van der Waals surface area (Å²) >= 11 is 0. The second-order valence-electron chi connectivity index (χ2n) is 3.03. The van der Waals surface area contributed by atoms with Gasteiger partial charge in [0.15, 0.2) is 6.29 Å². The van der Waals surface area contributed by atoms with E-state index in [4.69, 9.17) is 15.2 Å². The zero-order valence-corrected chi connectivity index (χ0v) is 9.27. The molecule has 0 heterocycles. The van der Waals surface area contributed by atoms with Crippen LogP contribution in [-0.2, 0) is 9.47 Å². The van der Waals surface area contributed by atoms with E-state index in [0.717, 1.165) is 12.8 Å². The number of hydrogen-bond donors (Lipinski definition) is 1. The van der Waals surface area contributed by atoms with Crippen molar-refractivity contribution in [2.45, 2.75) is 32.1 Å². The van der Waals surface area contributed by atoms with E-state index in [0.29, 0.717) is 0 Å². The van der Waals surface area contributed by atoms with Crippen LogP contribution in [0.25, 0.3) is 0 Å². The van der Waals surface area contributed by atoms with Gasteiger partial charge in [-0.3, -0.25) is 0 Å². The smallest absolute Gasteiger partial charge is 0.176 e. The molecule has 0 rings (SSSR count). The molecule has 0 saturated heterocycles. The van der Waals surface area contributed by atoms with Gasteiger partial charge in [0.1, 0.15) is 0 Å². The highest BCUT2D eigenvalue weighted by molar-refractivity contribution is 4.92. The molecule has 82 valence electrons. The van der Waals surface area contributed by atoms with E-state index in [-0.39, 0.29) is 12.3 Å². The Bertz CT molecular complexity index is 174. The van der Waals surface area contributed by atoms with E-state index < -0.39 is 0 Å². The van der Waals surface area contributed by atoms with Crippen LogP contribution in [0.3, 0.4) is 0 Å². The Balaban J connectivity index is 3.61. The second kappa shape index (κ2) is 8.94. The fraction of sp³-hybridized carbons (Fsp3) is 0.636. The van der Waals surface area contributed by atoms with Gasteiger partial charge in [-0.05, 0) is 25.8 Å². The van der Waals surface area contributed by atoms with Gasteiger partial charge < -0.3 is 15.2 Å². The van der Waals surface area contributed by atoms with Gasteiger partial charge in [-0.1, -0.05) is 18.2 Å². The van der Waals surface area contributed by atoms with Gasteiger partial charge in [-0.15, -0.1) is 0 Å². The molecule has 0 amide bonds. The highest BCUT2D eigenvalue weighted by atomic mass is 16.7. The number of nitrogens with two attached hydrogens (primary N) is 1. The van der Waals surface area contributed by atoms with Crippen LogP contribution in [0.1, 0.15) is 19.8 Å². The monoisotopic (exact) mass is 199 g/mol. The van der Waals surface area contributed by atoms with Crippen LogP contribution in [0.5, 0.6) is 0 Å². The van der Waals surface area contributed by atoms with Crippen LogP contribution in [0.2, 0.25) is 0 Å². The van der Waals surface area contributed by atoms with E-state index in [9.17, 15) is 0 Å². The third-order valence-corrected chi connectivity index (χ3v) is 1.86. The summed E-state index contributed by atoms with van der Waals surface area (Å²) < 4.78 is 10.00. The van der Waals surface area contributed by atoms with E-state index in [1.165, 1.54) is 0 Å². The minimum atomic E-state index is -0.243. The molecule has 14 heavy (non-hydrogen) atoms. The van der Waals surface area contributed by atoms with Crippen LogP contribution < -0.4 is 5.73 Å². The summed E-state index contributed by atoms with van der Waals surface area (Å²) in [5.41, 5.74) is 5.78. The Kier molecular flexibility index (Phi) is 8.53. The molecule has 0 fully saturated rings. The molecule has 1 atom stereocenters. The Morgan fingerprint density at radius 2 is 1.86 bits per heavy atom. The van der Waals surface area contributed by atoms with E-state index in [2.05, 4.69) is 0 Å². The Labute approximate surface area is 86.6 Å². The van der Waals surface area contributed by atoms with E-state index >= 15 is 0 Å². The van der Waals surface area contributed by atoms with Gasteiger partial charge in [0.2, 0.25) is 0 Å². The molecule has 0 aromatic rings. The Hall–Kier alpha value is -0.640. The first kappa shape index (κ1) is 13.4. The van der Waals surface area contributed by atoms with Crippen molar-refractivity contribution in [1.29, 1.82) is 0 Å². The van der Waals surface area contributed by atoms with Gasteiger partial charge in [-0.2, -0.15) is 0 Å². The van der Waals surface area contributed by atoms with Crippen molar-refractivity contribution < 1.29 is 9.47 Å². The first-order valence-corrected chi connectivity index (χ1v) is 4.85. The summed E-state index contributed by atoms with van der Waals surface area (Å²) in [5.74, 6) is 0. The average Bonchev–Trinajstić information content (AvgIpc) is 2.19. The van der Waals surface area contributed by atoms with Crippen LogP contribution in [0, 0.1) is 0 Å². The number of ether oxygens (including phenoxy) is 2. The molecular weight excluding hydrogens is 178 g/mol. The zero-order chi connectivity index (χ0) is 10.8. The topological polar surface area (TPSA) is 44.5 Å². The molecule has 0 bridgehead atoms. The van der Waals surface area contributed by atoms with Gasteiger partial charge in [0, 0.05) is 20.3 Å². The van der Waals surface area contributed by atoms with Crippen molar-refractivity contribution in [2.24, 2.45) is 5.73 Å². The zero-order valence-electron chi connectivity index (χ0n) is 9.27. The number of methoxy groups -OCH3 is 2. The van der Waals surface area contributed by atoms with Gasteiger partial charge in [0.25, 0.3) is 0 Å². The SMILES string of the molecule is CC=CC(N)CCC=CC(OC)OC. The fourth-order valence-corrected chi connectivity index (χ4v) is 1.09. The van der Waals surface area contributed by atoms with Crippen molar-refractivity contribution >= 4 is 0 Å². The molecule has 0 aliphatic rings. The van der Waals surface area contributed by atoms with Crippen molar-refractivity contribution in [3.8, 4) is 0 Å². The van der Waals surface area contributed by atoms with E-state index in [1.54, 1.807) is 14.2 Å². The summed E-state index contributed by atoms with van der Waals surface area (Å²) in [5, 5.41) is 0. The van der Waals surface area contributed by atoms with Crippen molar-refractivity contribution in [3.05, 3.63) is 24.3 Å². The minimum absolute atomic E-state index is 0.146. The molecule has 0 aromatic heterocycles. The third kappa shape index (κ3) is 6.83. The standard InChI is InChI=1S/C11H21NO2/c1-4-7-10(12)8-5-6-9-11(13-2)14-3/h4,6-7,9-11H,5,8,12H2,1-3H3. The van der Waals surface area contributed by atoms with Gasteiger partial charge in [0.05, 0.1) is 0 Å². The maximum Gasteiger partial charge on any atom is 0.176 e. The quantitative estimate of drug-likeness (QED) is 0.502. The van der Waals surface area contributed by atoms with Crippen LogP contribution in [-0.4, -0.2) is 26.6 Å². The fourth-order valence-electron chi connectivity index (χ4n) is 1.09. The summed E-state index contributed by atoms with van der Waals surface area (Å²) in [6.07, 6.45) is 9.53. The third-order valence-electron chi connectivity index (χ3n) is 1.86. The molecule has 0 aromatic carbocycles. The summed E-state index contributed by atoms with van der Waals surface area (Å²) in [6.45, 7) is 1.97. The minimum Gasteiger partial charge on any atom is -0.352 e. The van der Waals surface area contributed by atoms with E-state index in [1.807, 2.05) is 31.2 Å². The van der Waals surface area contributed by atoms with Gasteiger partial charge >= 0.3 is 0 Å². The first-order chi connectivity index (χ1) is 6.74. The Morgan fingerprint density at radius 3 is 2.36 bits per heavy atom. The molecule has 0 saturated carbocycles. The molecule has 3 heteroatoms. The predicted molar refractivity (Wildman–Crippen MR) is 59.0 cm³/mol. The van der Waals surface area contributed by atoms with Crippen LogP contribution in [0.4, 0.5) is 0 Å². The normalized spacial score (nSPS) is 14.6. The molecule has 2 N–H and O–H groups in total. The lowest BCUT2D eigenvalue weighted by Gasteiger charge is -2.07. The lowest BCUT2D eigenvalue weighted by Crippen LogP contribution is -2.15. The van der Waals surface area contributed by atoms with Crippen molar-refractivity contribution in [1.82, 2.24) is 0 Å². The van der Waals surface area contributed by atoms with Crippen molar-refractivity contribution in [2.75, 3.05) is 14.2 Å². The van der Waals surface area contributed by atoms with Gasteiger partial charge in [-0.25, -0.2) is 0 Å². The first-order valence-electron chi connectivity index (χ1n) is 4.85. The second-order valence-corrected chi connectivity index (χ2v) is 3.03. The van der Waals surface area contributed by atoms with Crippen LogP contribution >= 0.6 is 0 Å². The number of rotatable bonds is 7. The maximum absolute atomic E-state index is 5.78. The molecule has 1 unspecified atom stereocenters.